The van der Waals surface area contributed by atoms with E-state index in [1.54, 1.807) is 0 Å². The third kappa shape index (κ3) is 71.8. The zero-order valence-electron chi connectivity index (χ0n) is 58.4. The number of nitrogens with one attached hydrogen (secondary N) is 1. The van der Waals surface area contributed by atoms with Crippen LogP contribution in [0.1, 0.15) is 470 Å². The molecule has 0 saturated carbocycles. The van der Waals surface area contributed by atoms with E-state index < -0.39 is 12.1 Å². The van der Waals surface area contributed by atoms with Crippen LogP contribution < -0.4 is 5.32 Å². The van der Waals surface area contributed by atoms with Gasteiger partial charge < -0.3 is 20.3 Å². The monoisotopic (exact) mass is 1200 g/mol. The van der Waals surface area contributed by atoms with Gasteiger partial charge in [-0.1, -0.05) is 431 Å². The van der Waals surface area contributed by atoms with Gasteiger partial charge in [0.25, 0.3) is 0 Å². The lowest BCUT2D eigenvalue weighted by Crippen LogP contribution is -2.45. The van der Waals surface area contributed by atoms with Crippen LogP contribution in [0, 0.1) is 0 Å². The Morgan fingerprint density at radius 3 is 0.718 bits per heavy atom. The Labute approximate surface area is 534 Å². The summed E-state index contributed by atoms with van der Waals surface area (Å²) < 4.78 is 5.48. The van der Waals surface area contributed by atoms with Gasteiger partial charge in [-0.3, -0.25) is 9.59 Å². The van der Waals surface area contributed by atoms with Crippen molar-refractivity contribution >= 4 is 11.9 Å². The zero-order valence-corrected chi connectivity index (χ0v) is 58.4. The number of amides is 1. The molecular weight excluding hydrogens is 1040 g/mol. The molecule has 3 N–H and O–H groups in total. The lowest BCUT2D eigenvalue weighted by molar-refractivity contribution is -0.143. The Kier molecular flexibility index (Phi) is 74.3. The Bertz CT molecular complexity index is 1240. The van der Waals surface area contributed by atoms with E-state index in [-0.39, 0.29) is 18.5 Å². The van der Waals surface area contributed by atoms with E-state index in [2.05, 4.69) is 19.2 Å². The van der Waals surface area contributed by atoms with Crippen molar-refractivity contribution in [2.45, 2.75) is 482 Å². The fraction of sp³-hybridized carbons (Fsp3) is 0.975. The molecule has 0 rings (SSSR count). The van der Waals surface area contributed by atoms with Crippen molar-refractivity contribution in [3.05, 3.63) is 0 Å². The van der Waals surface area contributed by atoms with Crippen LogP contribution in [0.25, 0.3) is 0 Å². The molecule has 0 aliphatic heterocycles. The molecule has 0 radical (unpaired) electrons. The van der Waals surface area contributed by atoms with Crippen LogP contribution in [0.5, 0.6) is 0 Å². The summed E-state index contributed by atoms with van der Waals surface area (Å²) in [4.78, 5) is 24.6. The summed E-state index contributed by atoms with van der Waals surface area (Å²) in [5.41, 5.74) is 0. The number of carbonyl (C=O) groups excluding carboxylic acids is 2. The third-order valence-corrected chi connectivity index (χ3v) is 19.2. The standard InChI is InChI=1S/C79H157NO5/c1-3-5-7-9-11-13-15-16-17-18-19-20-36-39-42-45-48-52-55-59-63-67-71-77(82)76(75-81)80-78(83)72-68-64-60-56-53-49-46-43-40-37-34-32-30-28-26-24-22-21-23-25-27-29-31-33-35-38-41-44-47-50-54-58-62-66-70-74-85-79(84)73-69-65-61-57-51-14-12-10-8-6-4-2/h76-77,81-82H,3-75H2,1-2H3,(H,80,83). The van der Waals surface area contributed by atoms with Crippen molar-refractivity contribution in [1.82, 2.24) is 5.32 Å². The van der Waals surface area contributed by atoms with E-state index in [4.69, 9.17) is 4.74 Å². The molecule has 0 aromatic heterocycles. The summed E-state index contributed by atoms with van der Waals surface area (Å²) >= 11 is 0. The first-order chi connectivity index (χ1) is 42.0. The van der Waals surface area contributed by atoms with E-state index in [9.17, 15) is 19.8 Å². The molecule has 0 spiro atoms. The van der Waals surface area contributed by atoms with E-state index in [0.717, 1.165) is 38.5 Å². The van der Waals surface area contributed by atoms with Crippen molar-refractivity contribution < 1.29 is 24.5 Å². The first kappa shape index (κ1) is 83.9. The van der Waals surface area contributed by atoms with Gasteiger partial charge in [0.05, 0.1) is 25.4 Å². The normalized spacial score (nSPS) is 12.4. The van der Waals surface area contributed by atoms with Crippen LogP contribution in [-0.2, 0) is 14.3 Å². The fourth-order valence-corrected chi connectivity index (χ4v) is 13.1. The van der Waals surface area contributed by atoms with E-state index in [1.807, 2.05) is 0 Å². The lowest BCUT2D eigenvalue weighted by Gasteiger charge is -2.22. The van der Waals surface area contributed by atoms with Crippen molar-refractivity contribution in [3.8, 4) is 0 Å². The summed E-state index contributed by atoms with van der Waals surface area (Å²) in [6.45, 7) is 5.01. The summed E-state index contributed by atoms with van der Waals surface area (Å²) in [6, 6.07) is -0.537. The maximum atomic E-state index is 12.6. The van der Waals surface area contributed by atoms with Crippen LogP contribution in [0.15, 0.2) is 0 Å². The Morgan fingerprint density at radius 1 is 0.282 bits per heavy atom. The van der Waals surface area contributed by atoms with Crippen LogP contribution >= 0.6 is 0 Å². The van der Waals surface area contributed by atoms with Crippen molar-refractivity contribution in [2.24, 2.45) is 0 Å². The minimum absolute atomic E-state index is 0.0234. The topological polar surface area (TPSA) is 95.9 Å². The molecule has 0 heterocycles. The van der Waals surface area contributed by atoms with Crippen LogP contribution in [0.2, 0.25) is 0 Å². The minimum Gasteiger partial charge on any atom is -0.466 e. The highest BCUT2D eigenvalue weighted by atomic mass is 16.5. The van der Waals surface area contributed by atoms with Gasteiger partial charge in [0.15, 0.2) is 0 Å². The van der Waals surface area contributed by atoms with Crippen molar-refractivity contribution in [1.29, 1.82) is 0 Å². The predicted molar refractivity (Wildman–Crippen MR) is 375 cm³/mol. The molecule has 2 unspecified atom stereocenters. The minimum atomic E-state index is -0.661. The molecule has 0 aromatic rings. The van der Waals surface area contributed by atoms with Gasteiger partial charge in [-0.2, -0.15) is 0 Å². The molecule has 508 valence electrons. The van der Waals surface area contributed by atoms with E-state index >= 15 is 0 Å². The molecule has 85 heavy (non-hydrogen) atoms. The number of ether oxygens (including phenoxy) is 1. The SMILES string of the molecule is CCCCCCCCCCCCCCCCCCCCCCCCC(O)C(CO)NC(=O)CCCCCCCCCCCCCCCCCCCCCCCCCCCCCCCCCCCCCOC(=O)CCCCCCCCCCCCC. The number of carbonyl (C=O) groups is 2. The average molecular weight is 1200 g/mol. The molecule has 0 aliphatic carbocycles. The van der Waals surface area contributed by atoms with Gasteiger partial charge in [-0.05, 0) is 25.7 Å². The third-order valence-electron chi connectivity index (χ3n) is 19.2. The molecule has 0 aromatic carbocycles. The number of esters is 1. The fourth-order valence-electron chi connectivity index (χ4n) is 13.1. The number of rotatable bonds is 76. The first-order valence-electron chi connectivity index (χ1n) is 39.8. The highest BCUT2D eigenvalue weighted by molar-refractivity contribution is 5.76. The predicted octanol–water partition coefficient (Wildman–Crippen LogP) is 26.1. The van der Waals surface area contributed by atoms with Gasteiger partial charge in [-0.15, -0.1) is 0 Å². The lowest BCUT2D eigenvalue weighted by atomic mass is 10.0. The molecule has 6 nitrogen and oxygen atoms in total. The molecule has 0 saturated heterocycles. The smallest absolute Gasteiger partial charge is 0.305 e. The van der Waals surface area contributed by atoms with Gasteiger partial charge in [0.2, 0.25) is 5.91 Å². The number of unbranched alkanes of at least 4 members (excludes halogenated alkanes) is 65. The molecule has 6 heteroatoms. The Morgan fingerprint density at radius 2 is 0.482 bits per heavy atom. The van der Waals surface area contributed by atoms with E-state index in [1.165, 1.54) is 398 Å². The van der Waals surface area contributed by atoms with E-state index in [0.29, 0.717) is 25.9 Å². The molecule has 0 bridgehead atoms. The molecule has 1 amide bonds. The number of hydrogen-bond acceptors (Lipinski definition) is 5. The molecule has 2 atom stereocenters. The average Bonchev–Trinajstić information content (AvgIpc) is 3.55. The van der Waals surface area contributed by atoms with Crippen LogP contribution in [0.4, 0.5) is 0 Å². The maximum absolute atomic E-state index is 12.6. The van der Waals surface area contributed by atoms with Crippen LogP contribution in [0.3, 0.4) is 0 Å². The van der Waals surface area contributed by atoms with Gasteiger partial charge in [0.1, 0.15) is 0 Å². The Balaban J connectivity index is 3.31. The number of aliphatic hydroxyl groups is 2. The molecule has 0 aliphatic rings. The van der Waals surface area contributed by atoms with Gasteiger partial charge in [-0.25, -0.2) is 0 Å². The maximum Gasteiger partial charge on any atom is 0.305 e. The van der Waals surface area contributed by atoms with Crippen molar-refractivity contribution in [2.75, 3.05) is 13.2 Å². The second kappa shape index (κ2) is 75.3. The first-order valence-corrected chi connectivity index (χ1v) is 39.8. The second-order valence-electron chi connectivity index (χ2n) is 27.8. The molecular formula is C79H157NO5. The Hall–Kier alpha value is -1.14. The van der Waals surface area contributed by atoms with Gasteiger partial charge >= 0.3 is 5.97 Å². The summed E-state index contributed by atoms with van der Waals surface area (Å²) in [7, 11) is 0. The van der Waals surface area contributed by atoms with Crippen LogP contribution in [-0.4, -0.2) is 47.4 Å². The molecule has 0 fully saturated rings. The highest BCUT2D eigenvalue weighted by Crippen LogP contribution is 2.21. The van der Waals surface area contributed by atoms with Gasteiger partial charge in [0, 0.05) is 12.8 Å². The summed E-state index contributed by atoms with van der Waals surface area (Å²) in [5.74, 6) is 0.000243. The second-order valence-corrected chi connectivity index (χ2v) is 27.8. The number of hydrogen-bond donors (Lipinski definition) is 3. The summed E-state index contributed by atoms with van der Waals surface area (Å²) in [5, 5.41) is 23.5. The summed E-state index contributed by atoms with van der Waals surface area (Å²) in [6.07, 6.45) is 93.5. The highest BCUT2D eigenvalue weighted by Gasteiger charge is 2.20. The quantitative estimate of drug-likeness (QED) is 0.0417. The largest absolute Gasteiger partial charge is 0.466 e. The zero-order chi connectivity index (χ0) is 61.3. The number of aliphatic hydroxyl groups excluding tert-OH is 2. The van der Waals surface area contributed by atoms with Crippen molar-refractivity contribution in [3.63, 3.8) is 0 Å².